The van der Waals surface area contributed by atoms with E-state index >= 15 is 0 Å². The number of benzene rings is 1. The van der Waals surface area contributed by atoms with Crippen LogP contribution in [0, 0.1) is 13.8 Å². The summed E-state index contributed by atoms with van der Waals surface area (Å²) in [4.78, 5) is 23.9. The van der Waals surface area contributed by atoms with Gasteiger partial charge in [-0.3, -0.25) is 4.79 Å². The number of anilines is 1. The minimum atomic E-state index is 0.224. The lowest BCUT2D eigenvalue weighted by Crippen LogP contribution is -2.49. The van der Waals surface area contributed by atoms with E-state index < -0.39 is 0 Å². The second-order valence-corrected chi connectivity index (χ2v) is 6.12. The van der Waals surface area contributed by atoms with Crippen LogP contribution in [0.15, 0.2) is 30.6 Å². The van der Waals surface area contributed by atoms with Gasteiger partial charge in [-0.15, -0.1) is 0 Å². The van der Waals surface area contributed by atoms with Crippen LogP contribution in [0.3, 0.4) is 0 Å². The highest BCUT2D eigenvalue weighted by Crippen LogP contribution is 2.24. The molecule has 0 spiro atoms. The third-order valence-electron chi connectivity index (χ3n) is 4.68. The number of aryl methyl sites for hydroxylation is 2. The number of amides is 1. The third-order valence-corrected chi connectivity index (χ3v) is 4.68. The first-order valence-corrected chi connectivity index (χ1v) is 8.22. The Morgan fingerprint density at radius 1 is 1.22 bits per heavy atom. The Kier molecular flexibility index (Phi) is 4.65. The fourth-order valence-corrected chi connectivity index (χ4v) is 3.09. The SMILES string of the molecule is Cc1cccc(N2CCN(C(=O)CCc3ncc[nH]3)CC2)c1C. The maximum atomic E-state index is 12.3. The Bertz CT molecular complexity index is 658. The predicted molar refractivity (Wildman–Crippen MR) is 91.6 cm³/mol. The van der Waals surface area contributed by atoms with Crippen molar-refractivity contribution < 1.29 is 4.79 Å². The van der Waals surface area contributed by atoms with Gasteiger partial charge in [0.2, 0.25) is 5.91 Å². The van der Waals surface area contributed by atoms with Gasteiger partial charge >= 0.3 is 0 Å². The topological polar surface area (TPSA) is 52.2 Å². The summed E-state index contributed by atoms with van der Waals surface area (Å²) in [6, 6.07) is 6.43. The van der Waals surface area contributed by atoms with Crippen LogP contribution < -0.4 is 4.90 Å². The van der Waals surface area contributed by atoms with Gasteiger partial charge < -0.3 is 14.8 Å². The Hall–Kier alpha value is -2.30. The van der Waals surface area contributed by atoms with E-state index in [-0.39, 0.29) is 5.91 Å². The van der Waals surface area contributed by atoms with Gasteiger partial charge in [0.15, 0.2) is 0 Å². The Labute approximate surface area is 137 Å². The molecule has 0 bridgehead atoms. The monoisotopic (exact) mass is 312 g/mol. The van der Waals surface area contributed by atoms with Gasteiger partial charge in [0.05, 0.1) is 0 Å². The van der Waals surface area contributed by atoms with Crippen LogP contribution in [0.25, 0.3) is 0 Å². The van der Waals surface area contributed by atoms with E-state index in [0.717, 1.165) is 32.0 Å². The van der Waals surface area contributed by atoms with Gasteiger partial charge in [-0.1, -0.05) is 12.1 Å². The third kappa shape index (κ3) is 3.55. The number of hydrogen-bond donors (Lipinski definition) is 1. The maximum absolute atomic E-state index is 12.3. The molecule has 0 atom stereocenters. The van der Waals surface area contributed by atoms with Crippen LogP contribution >= 0.6 is 0 Å². The molecule has 1 aromatic heterocycles. The normalized spacial score (nSPS) is 15.0. The number of aromatic amines is 1. The average molecular weight is 312 g/mol. The number of nitrogens with one attached hydrogen (secondary N) is 1. The second kappa shape index (κ2) is 6.86. The number of carbonyl (C=O) groups excluding carboxylic acids is 1. The van der Waals surface area contributed by atoms with Crippen molar-refractivity contribution in [2.45, 2.75) is 26.7 Å². The molecule has 0 aliphatic carbocycles. The Balaban J connectivity index is 1.53. The highest BCUT2D eigenvalue weighted by molar-refractivity contribution is 5.76. The van der Waals surface area contributed by atoms with Crippen molar-refractivity contribution >= 4 is 11.6 Å². The number of piperazine rings is 1. The minimum absolute atomic E-state index is 0.224. The van der Waals surface area contributed by atoms with E-state index in [1.54, 1.807) is 12.4 Å². The smallest absolute Gasteiger partial charge is 0.223 e. The van der Waals surface area contributed by atoms with Crippen molar-refractivity contribution in [1.29, 1.82) is 0 Å². The molecule has 3 rings (SSSR count). The van der Waals surface area contributed by atoms with E-state index in [1.165, 1.54) is 16.8 Å². The lowest BCUT2D eigenvalue weighted by molar-refractivity contribution is -0.131. The van der Waals surface area contributed by atoms with Crippen molar-refractivity contribution in [3.8, 4) is 0 Å². The molecule has 1 aromatic carbocycles. The lowest BCUT2D eigenvalue weighted by Gasteiger charge is -2.37. The number of rotatable bonds is 4. The maximum Gasteiger partial charge on any atom is 0.223 e. The Morgan fingerprint density at radius 3 is 2.70 bits per heavy atom. The van der Waals surface area contributed by atoms with Gasteiger partial charge in [-0.25, -0.2) is 4.98 Å². The largest absolute Gasteiger partial charge is 0.368 e. The summed E-state index contributed by atoms with van der Waals surface area (Å²) >= 11 is 0. The lowest BCUT2D eigenvalue weighted by atomic mass is 10.1. The highest BCUT2D eigenvalue weighted by atomic mass is 16.2. The fourth-order valence-electron chi connectivity index (χ4n) is 3.09. The summed E-state index contributed by atoms with van der Waals surface area (Å²) in [5, 5.41) is 0. The summed E-state index contributed by atoms with van der Waals surface area (Å²) in [5.41, 5.74) is 3.96. The molecule has 2 heterocycles. The molecular formula is C18H24N4O. The first-order chi connectivity index (χ1) is 11.1. The quantitative estimate of drug-likeness (QED) is 0.942. The molecule has 1 saturated heterocycles. The zero-order chi connectivity index (χ0) is 16.2. The molecule has 1 fully saturated rings. The molecule has 2 aromatic rings. The van der Waals surface area contributed by atoms with Crippen molar-refractivity contribution in [3.05, 3.63) is 47.5 Å². The van der Waals surface area contributed by atoms with Crippen LogP contribution in [0.4, 0.5) is 5.69 Å². The summed E-state index contributed by atoms with van der Waals surface area (Å²) < 4.78 is 0. The molecule has 1 N–H and O–H groups in total. The van der Waals surface area contributed by atoms with Crippen molar-refractivity contribution in [2.75, 3.05) is 31.1 Å². The van der Waals surface area contributed by atoms with Crippen LogP contribution in [-0.4, -0.2) is 47.0 Å². The van der Waals surface area contributed by atoms with E-state index in [9.17, 15) is 4.79 Å². The first-order valence-electron chi connectivity index (χ1n) is 8.22. The van der Waals surface area contributed by atoms with Gasteiger partial charge in [-0.2, -0.15) is 0 Å². The number of hydrogen-bond acceptors (Lipinski definition) is 3. The molecule has 5 heteroatoms. The van der Waals surface area contributed by atoms with Crippen LogP contribution in [0.5, 0.6) is 0 Å². The highest BCUT2D eigenvalue weighted by Gasteiger charge is 2.22. The average Bonchev–Trinajstić information content (AvgIpc) is 3.09. The summed E-state index contributed by atoms with van der Waals surface area (Å²) in [6.45, 7) is 7.71. The van der Waals surface area contributed by atoms with Crippen molar-refractivity contribution in [3.63, 3.8) is 0 Å². The molecule has 122 valence electrons. The molecule has 1 aliphatic rings. The van der Waals surface area contributed by atoms with E-state index in [1.807, 2.05) is 4.90 Å². The Morgan fingerprint density at radius 2 is 2.00 bits per heavy atom. The van der Waals surface area contributed by atoms with E-state index in [0.29, 0.717) is 12.8 Å². The molecule has 23 heavy (non-hydrogen) atoms. The van der Waals surface area contributed by atoms with Crippen LogP contribution in [0.2, 0.25) is 0 Å². The number of H-pyrrole nitrogens is 1. The predicted octanol–water partition coefficient (Wildman–Crippen LogP) is 2.31. The molecule has 0 saturated carbocycles. The number of aromatic nitrogens is 2. The summed E-state index contributed by atoms with van der Waals surface area (Å²) in [7, 11) is 0. The van der Waals surface area contributed by atoms with E-state index in [2.05, 4.69) is 46.9 Å². The van der Waals surface area contributed by atoms with Crippen LogP contribution in [0.1, 0.15) is 23.4 Å². The van der Waals surface area contributed by atoms with Gasteiger partial charge in [-0.05, 0) is 31.0 Å². The molecule has 0 unspecified atom stereocenters. The van der Waals surface area contributed by atoms with Gasteiger partial charge in [0, 0.05) is 57.1 Å². The molecule has 1 amide bonds. The number of carbonyl (C=O) groups is 1. The molecule has 5 nitrogen and oxygen atoms in total. The van der Waals surface area contributed by atoms with Crippen LogP contribution in [-0.2, 0) is 11.2 Å². The summed E-state index contributed by atoms with van der Waals surface area (Å²) in [6.07, 6.45) is 4.73. The van der Waals surface area contributed by atoms with Crippen molar-refractivity contribution in [1.82, 2.24) is 14.9 Å². The van der Waals surface area contributed by atoms with Crippen molar-refractivity contribution in [2.24, 2.45) is 0 Å². The number of nitrogens with zero attached hydrogens (tertiary/aromatic N) is 3. The minimum Gasteiger partial charge on any atom is -0.368 e. The van der Waals surface area contributed by atoms with E-state index in [4.69, 9.17) is 0 Å². The zero-order valence-corrected chi connectivity index (χ0v) is 13.9. The number of imidazole rings is 1. The summed E-state index contributed by atoms with van der Waals surface area (Å²) in [5.74, 6) is 1.11. The van der Waals surface area contributed by atoms with Gasteiger partial charge in [0.25, 0.3) is 0 Å². The second-order valence-electron chi connectivity index (χ2n) is 6.12. The van der Waals surface area contributed by atoms with Gasteiger partial charge in [0.1, 0.15) is 5.82 Å². The first kappa shape index (κ1) is 15.6. The molecular weight excluding hydrogens is 288 g/mol. The standard InChI is InChI=1S/C18H24N4O/c1-14-4-3-5-16(15(14)2)21-10-12-22(13-11-21)18(23)7-6-17-19-8-9-20-17/h3-5,8-9H,6-7,10-13H2,1-2H3,(H,19,20). The molecule has 1 aliphatic heterocycles. The zero-order valence-electron chi connectivity index (χ0n) is 13.9. The molecule has 0 radical (unpaired) electrons. The fraction of sp³-hybridized carbons (Fsp3) is 0.444.